The number of hydrazine groups is 1. The van der Waals surface area contributed by atoms with E-state index in [4.69, 9.17) is 4.74 Å². The lowest BCUT2D eigenvalue weighted by atomic mass is 10.0. The van der Waals surface area contributed by atoms with Gasteiger partial charge in [0.15, 0.2) is 5.78 Å². The standard InChI is InChI=1S/C28H28N6O3S/c1-15-27(38-16(2)29-15)18-9-7-17(8-10-18)24-23-25(32-31-24)20-5-4-6-21(22(20)26(23)35)30-28(36)33-34(3)19-11-13-37-14-12-19/h4-10,19H,11-14H2,1-3H3,(H,31,32)(H2,30,33,36). The Labute approximate surface area is 224 Å². The largest absolute Gasteiger partial charge is 0.381 e. The van der Waals surface area contributed by atoms with Crippen LogP contribution in [0.4, 0.5) is 10.5 Å². The highest BCUT2D eigenvalue weighted by atomic mass is 32.1. The minimum Gasteiger partial charge on any atom is -0.381 e. The number of fused-ring (bicyclic) bond motifs is 3. The predicted octanol–water partition coefficient (Wildman–Crippen LogP) is 5.18. The maximum atomic E-state index is 13.7. The lowest BCUT2D eigenvalue weighted by molar-refractivity contribution is 0.0312. The van der Waals surface area contributed by atoms with E-state index in [-0.39, 0.29) is 11.8 Å². The van der Waals surface area contributed by atoms with E-state index in [1.807, 2.05) is 62.3 Å². The van der Waals surface area contributed by atoms with E-state index in [9.17, 15) is 9.59 Å². The minimum atomic E-state index is -0.390. The number of aromatic nitrogens is 3. The Morgan fingerprint density at radius 1 is 1.08 bits per heavy atom. The molecule has 9 nitrogen and oxygen atoms in total. The second-order valence-electron chi connectivity index (χ2n) is 9.62. The first-order chi connectivity index (χ1) is 18.4. The highest BCUT2D eigenvalue weighted by Crippen LogP contribution is 2.43. The summed E-state index contributed by atoms with van der Waals surface area (Å²) >= 11 is 1.67. The molecule has 3 N–H and O–H groups in total. The molecule has 0 bridgehead atoms. The van der Waals surface area contributed by atoms with Gasteiger partial charge in [0.2, 0.25) is 0 Å². The van der Waals surface area contributed by atoms with Gasteiger partial charge in [-0.3, -0.25) is 15.3 Å². The predicted molar refractivity (Wildman–Crippen MR) is 147 cm³/mol. The molecule has 1 saturated heterocycles. The number of benzene rings is 2. The number of nitrogens with zero attached hydrogens (tertiary/aromatic N) is 3. The van der Waals surface area contributed by atoms with Crippen LogP contribution < -0.4 is 10.7 Å². The number of carbonyl (C=O) groups is 2. The number of aryl methyl sites for hydroxylation is 2. The molecule has 194 valence electrons. The molecule has 2 aromatic carbocycles. The van der Waals surface area contributed by atoms with Crippen LogP contribution in [-0.2, 0) is 4.74 Å². The number of urea groups is 1. The fraction of sp³-hybridized carbons (Fsp3) is 0.286. The van der Waals surface area contributed by atoms with Crippen molar-refractivity contribution in [2.45, 2.75) is 32.7 Å². The van der Waals surface area contributed by atoms with Crippen molar-refractivity contribution < 1.29 is 14.3 Å². The summed E-state index contributed by atoms with van der Waals surface area (Å²) in [6.45, 7) is 5.38. The van der Waals surface area contributed by atoms with Crippen molar-refractivity contribution in [1.29, 1.82) is 0 Å². The van der Waals surface area contributed by atoms with Gasteiger partial charge in [0.1, 0.15) is 5.69 Å². The first-order valence-corrected chi connectivity index (χ1v) is 13.4. The number of hydrogen-bond donors (Lipinski definition) is 3. The second-order valence-corrected chi connectivity index (χ2v) is 10.8. The van der Waals surface area contributed by atoms with Crippen LogP contribution in [0, 0.1) is 13.8 Å². The summed E-state index contributed by atoms with van der Waals surface area (Å²) in [5, 5.41) is 13.3. The monoisotopic (exact) mass is 528 g/mol. The summed E-state index contributed by atoms with van der Waals surface area (Å²) in [7, 11) is 1.85. The highest BCUT2D eigenvalue weighted by Gasteiger charge is 2.35. The van der Waals surface area contributed by atoms with Crippen LogP contribution in [0.15, 0.2) is 42.5 Å². The van der Waals surface area contributed by atoms with Gasteiger partial charge < -0.3 is 10.1 Å². The Morgan fingerprint density at radius 3 is 2.53 bits per heavy atom. The van der Waals surface area contributed by atoms with E-state index in [0.717, 1.165) is 45.1 Å². The van der Waals surface area contributed by atoms with Crippen molar-refractivity contribution in [3.8, 4) is 33.0 Å². The summed E-state index contributed by atoms with van der Waals surface area (Å²) in [5.41, 5.74) is 9.26. The third-order valence-electron chi connectivity index (χ3n) is 7.14. The number of anilines is 1. The average Bonchev–Trinajstić information content (AvgIpc) is 3.58. The smallest absolute Gasteiger partial charge is 0.333 e. The molecule has 3 heterocycles. The van der Waals surface area contributed by atoms with Crippen molar-refractivity contribution in [3.05, 3.63) is 64.3 Å². The van der Waals surface area contributed by atoms with Gasteiger partial charge in [0.25, 0.3) is 0 Å². The van der Waals surface area contributed by atoms with Gasteiger partial charge in [-0.1, -0.05) is 36.4 Å². The molecule has 0 unspecified atom stereocenters. The number of ether oxygens (including phenoxy) is 1. The molecule has 6 rings (SSSR count). The zero-order chi connectivity index (χ0) is 26.4. The number of hydrogen-bond acceptors (Lipinski definition) is 7. The van der Waals surface area contributed by atoms with Gasteiger partial charge in [-0.15, -0.1) is 11.3 Å². The van der Waals surface area contributed by atoms with Crippen molar-refractivity contribution >= 4 is 28.8 Å². The third kappa shape index (κ3) is 4.30. The molecule has 38 heavy (non-hydrogen) atoms. The maximum absolute atomic E-state index is 13.7. The Balaban J connectivity index is 1.24. The van der Waals surface area contributed by atoms with E-state index in [1.54, 1.807) is 17.4 Å². The summed E-state index contributed by atoms with van der Waals surface area (Å²) in [6.07, 6.45) is 1.70. The minimum absolute atomic E-state index is 0.162. The molecule has 1 aliphatic heterocycles. The third-order valence-corrected chi connectivity index (χ3v) is 8.26. The first-order valence-electron chi connectivity index (χ1n) is 12.6. The van der Waals surface area contributed by atoms with Crippen LogP contribution in [0.2, 0.25) is 0 Å². The summed E-state index contributed by atoms with van der Waals surface area (Å²) in [4.78, 5) is 32.2. The van der Waals surface area contributed by atoms with Crippen LogP contribution >= 0.6 is 11.3 Å². The SMILES string of the molecule is Cc1nc(C)c(-c2ccc(-c3n[nH]c4c3C(=O)c3c(NC(=O)NN(C)C5CCOCC5)cccc3-4)cc2)s1. The second kappa shape index (κ2) is 9.79. The maximum Gasteiger partial charge on any atom is 0.333 e. The zero-order valence-electron chi connectivity index (χ0n) is 21.4. The summed E-state index contributed by atoms with van der Waals surface area (Å²) in [5.74, 6) is -0.162. The van der Waals surface area contributed by atoms with Gasteiger partial charge in [0.05, 0.1) is 38.1 Å². The molecule has 0 saturated carbocycles. The average molecular weight is 529 g/mol. The molecule has 2 aromatic heterocycles. The molecule has 0 atom stereocenters. The van der Waals surface area contributed by atoms with E-state index in [0.29, 0.717) is 41.4 Å². The van der Waals surface area contributed by atoms with Crippen LogP contribution in [0.1, 0.15) is 39.5 Å². The van der Waals surface area contributed by atoms with Crippen molar-refractivity contribution in [2.75, 3.05) is 25.6 Å². The van der Waals surface area contributed by atoms with Crippen LogP contribution in [0.5, 0.6) is 0 Å². The van der Waals surface area contributed by atoms with E-state index < -0.39 is 6.03 Å². The Bertz CT molecular complexity index is 1530. The van der Waals surface area contributed by atoms with Crippen LogP contribution in [0.25, 0.3) is 33.0 Å². The number of amides is 2. The molecule has 0 spiro atoms. The van der Waals surface area contributed by atoms with Gasteiger partial charge in [0, 0.05) is 37.4 Å². The topological polar surface area (TPSA) is 112 Å². The Kier molecular flexibility index (Phi) is 6.30. The van der Waals surface area contributed by atoms with Crippen molar-refractivity contribution in [2.24, 2.45) is 0 Å². The Morgan fingerprint density at radius 2 is 1.82 bits per heavy atom. The number of carbonyl (C=O) groups excluding carboxylic acids is 2. The molecular formula is C28H28N6O3S. The molecule has 2 aliphatic rings. The molecular weight excluding hydrogens is 500 g/mol. The lowest BCUT2D eigenvalue weighted by Gasteiger charge is -2.31. The molecule has 0 radical (unpaired) electrons. The molecule has 1 aliphatic carbocycles. The molecule has 10 heteroatoms. The zero-order valence-corrected chi connectivity index (χ0v) is 22.2. The number of rotatable bonds is 5. The van der Waals surface area contributed by atoms with Gasteiger partial charge in [-0.2, -0.15) is 5.10 Å². The van der Waals surface area contributed by atoms with Crippen molar-refractivity contribution in [1.82, 2.24) is 25.6 Å². The normalized spacial score (nSPS) is 15.0. The van der Waals surface area contributed by atoms with E-state index in [2.05, 4.69) is 25.9 Å². The lowest BCUT2D eigenvalue weighted by Crippen LogP contribution is -2.49. The molecule has 1 fully saturated rings. The van der Waals surface area contributed by atoms with E-state index in [1.165, 1.54) is 0 Å². The number of nitrogens with one attached hydrogen (secondary N) is 3. The number of aromatic amines is 1. The molecule has 2 amide bonds. The van der Waals surface area contributed by atoms with Crippen LogP contribution in [0.3, 0.4) is 0 Å². The summed E-state index contributed by atoms with van der Waals surface area (Å²) in [6, 6.07) is 13.3. The summed E-state index contributed by atoms with van der Waals surface area (Å²) < 4.78 is 5.41. The van der Waals surface area contributed by atoms with Gasteiger partial charge in [-0.25, -0.2) is 14.8 Å². The number of H-pyrrole nitrogens is 1. The van der Waals surface area contributed by atoms with E-state index >= 15 is 0 Å². The molecule has 4 aromatic rings. The van der Waals surface area contributed by atoms with Gasteiger partial charge >= 0.3 is 6.03 Å². The highest BCUT2D eigenvalue weighted by molar-refractivity contribution is 7.15. The fourth-order valence-electron chi connectivity index (χ4n) is 5.25. The quantitative estimate of drug-likeness (QED) is 0.271. The first kappa shape index (κ1) is 24.5. The van der Waals surface area contributed by atoms with Gasteiger partial charge in [-0.05, 0) is 38.3 Å². The fourth-order valence-corrected chi connectivity index (χ4v) is 6.18. The number of thiazole rings is 1. The Hall–Kier alpha value is -3.86. The number of ketones is 1. The van der Waals surface area contributed by atoms with Crippen molar-refractivity contribution in [3.63, 3.8) is 0 Å². The van der Waals surface area contributed by atoms with Crippen LogP contribution in [-0.4, -0.2) is 58.3 Å².